The molecule has 2 heterocycles. The molecule has 1 atom stereocenters. The number of fused-ring (bicyclic) bond motifs is 1. The van der Waals surface area contributed by atoms with Crippen LogP contribution in [-0.2, 0) is 13.0 Å². The molecule has 106 valence electrons. The van der Waals surface area contributed by atoms with Crippen LogP contribution in [-0.4, -0.2) is 10.7 Å². The first-order chi connectivity index (χ1) is 10.1. The van der Waals surface area contributed by atoms with Crippen molar-refractivity contribution < 1.29 is 4.74 Å². The summed E-state index contributed by atoms with van der Waals surface area (Å²) in [5.41, 5.74) is 3.16. The number of pyridine rings is 1. The lowest BCUT2D eigenvalue weighted by Crippen LogP contribution is -2.31. The minimum Gasteiger partial charge on any atom is -0.488 e. The zero-order chi connectivity index (χ0) is 15.0. The Morgan fingerprint density at radius 2 is 2.14 bits per heavy atom. The Labute approximate surface area is 123 Å². The second-order valence-corrected chi connectivity index (χ2v) is 5.47. The third-order valence-electron chi connectivity index (χ3n) is 3.86. The molecule has 4 nitrogen and oxygen atoms in total. The fourth-order valence-corrected chi connectivity index (χ4v) is 2.74. The van der Waals surface area contributed by atoms with Gasteiger partial charge in [0.25, 0.3) is 5.56 Å². The highest BCUT2D eigenvalue weighted by atomic mass is 16.5. The number of hydrogen-bond donors (Lipinski definition) is 0. The summed E-state index contributed by atoms with van der Waals surface area (Å²) in [6.07, 6.45) is 0.729. The van der Waals surface area contributed by atoms with E-state index < -0.39 is 0 Å². The van der Waals surface area contributed by atoms with Crippen LogP contribution >= 0.6 is 0 Å². The fraction of sp³-hybridized carbons (Fsp3) is 0.294. The van der Waals surface area contributed by atoms with E-state index in [9.17, 15) is 4.79 Å². The summed E-state index contributed by atoms with van der Waals surface area (Å²) in [5.74, 6) is 0.896. The Morgan fingerprint density at radius 1 is 1.33 bits per heavy atom. The van der Waals surface area contributed by atoms with Gasteiger partial charge in [0.05, 0.1) is 6.54 Å². The van der Waals surface area contributed by atoms with Crippen LogP contribution in [0.1, 0.15) is 22.4 Å². The van der Waals surface area contributed by atoms with Crippen molar-refractivity contribution in [1.82, 2.24) is 4.57 Å². The predicted octanol–water partition coefficient (Wildman–Crippen LogP) is 2.34. The fourth-order valence-electron chi connectivity index (χ4n) is 2.74. The van der Waals surface area contributed by atoms with Crippen LogP contribution in [0.25, 0.3) is 0 Å². The average molecular weight is 280 g/mol. The first-order valence-electron chi connectivity index (χ1n) is 6.95. The van der Waals surface area contributed by atoms with E-state index in [2.05, 4.69) is 13.0 Å². The summed E-state index contributed by atoms with van der Waals surface area (Å²) in [5, 5.41) is 8.97. The molecule has 1 aromatic heterocycles. The maximum absolute atomic E-state index is 12.2. The molecule has 0 fully saturated rings. The van der Waals surface area contributed by atoms with Crippen LogP contribution in [0.5, 0.6) is 5.75 Å². The third kappa shape index (κ3) is 2.43. The Hall–Kier alpha value is -2.54. The lowest BCUT2D eigenvalue weighted by molar-refractivity contribution is 0.206. The van der Waals surface area contributed by atoms with Crippen molar-refractivity contribution in [2.24, 2.45) is 0 Å². The van der Waals surface area contributed by atoms with E-state index in [0.29, 0.717) is 6.54 Å². The number of ether oxygens (including phenoxy) is 1. The lowest BCUT2D eigenvalue weighted by atomic mass is 10.1. The average Bonchev–Trinajstić information content (AvgIpc) is 2.85. The van der Waals surface area contributed by atoms with E-state index in [1.165, 1.54) is 11.1 Å². The SMILES string of the molecule is Cc1ccc2c(c1)CC(Cn1c(C)ccc(C#N)c1=O)O2. The Kier molecular flexibility index (Phi) is 3.26. The summed E-state index contributed by atoms with van der Waals surface area (Å²) in [6, 6.07) is 11.4. The first kappa shape index (κ1) is 13.4. The summed E-state index contributed by atoms with van der Waals surface area (Å²) in [7, 11) is 0. The molecule has 0 radical (unpaired) electrons. The highest BCUT2D eigenvalue weighted by Crippen LogP contribution is 2.30. The number of aromatic nitrogens is 1. The van der Waals surface area contributed by atoms with Gasteiger partial charge in [-0.3, -0.25) is 4.79 Å². The number of benzene rings is 1. The molecule has 0 N–H and O–H groups in total. The molecule has 0 aliphatic carbocycles. The van der Waals surface area contributed by atoms with Crippen molar-refractivity contribution in [2.45, 2.75) is 32.9 Å². The number of hydrogen-bond acceptors (Lipinski definition) is 3. The highest BCUT2D eigenvalue weighted by Gasteiger charge is 2.24. The summed E-state index contributed by atoms with van der Waals surface area (Å²) in [6.45, 7) is 4.39. The molecule has 21 heavy (non-hydrogen) atoms. The van der Waals surface area contributed by atoms with E-state index in [1.807, 2.05) is 25.1 Å². The molecule has 0 amide bonds. The van der Waals surface area contributed by atoms with Gasteiger partial charge in [-0.2, -0.15) is 5.26 Å². The molecular formula is C17H16N2O2. The zero-order valence-corrected chi connectivity index (χ0v) is 12.1. The molecule has 0 bridgehead atoms. The van der Waals surface area contributed by atoms with Gasteiger partial charge in [0, 0.05) is 12.1 Å². The summed E-state index contributed by atoms with van der Waals surface area (Å²) in [4.78, 5) is 12.2. The van der Waals surface area contributed by atoms with E-state index in [-0.39, 0.29) is 17.2 Å². The summed E-state index contributed by atoms with van der Waals surface area (Å²) < 4.78 is 7.53. The smallest absolute Gasteiger partial charge is 0.268 e. The molecule has 0 saturated heterocycles. The van der Waals surface area contributed by atoms with Crippen LogP contribution < -0.4 is 10.3 Å². The largest absolute Gasteiger partial charge is 0.488 e. The number of nitrogens with zero attached hydrogens (tertiary/aromatic N) is 2. The number of nitriles is 1. The highest BCUT2D eigenvalue weighted by molar-refractivity contribution is 5.40. The van der Waals surface area contributed by atoms with Crippen LogP contribution in [0.15, 0.2) is 35.1 Å². The van der Waals surface area contributed by atoms with E-state index in [1.54, 1.807) is 16.7 Å². The Balaban J connectivity index is 1.87. The van der Waals surface area contributed by atoms with Gasteiger partial charge in [-0.05, 0) is 37.6 Å². The molecule has 0 saturated carbocycles. The number of rotatable bonds is 2. The van der Waals surface area contributed by atoms with Crippen molar-refractivity contribution in [2.75, 3.05) is 0 Å². The minimum atomic E-state index is -0.242. The van der Waals surface area contributed by atoms with Gasteiger partial charge in [-0.15, -0.1) is 0 Å². The molecule has 1 unspecified atom stereocenters. The summed E-state index contributed by atoms with van der Waals surface area (Å²) >= 11 is 0. The van der Waals surface area contributed by atoms with Gasteiger partial charge < -0.3 is 9.30 Å². The van der Waals surface area contributed by atoms with Gasteiger partial charge in [0.1, 0.15) is 23.5 Å². The molecule has 2 aromatic rings. The molecule has 3 rings (SSSR count). The van der Waals surface area contributed by atoms with Crippen molar-refractivity contribution in [3.05, 3.63) is 63.1 Å². The van der Waals surface area contributed by atoms with Gasteiger partial charge in [-0.25, -0.2) is 0 Å². The van der Waals surface area contributed by atoms with Crippen LogP contribution in [0, 0.1) is 25.2 Å². The predicted molar refractivity (Wildman–Crippen MR) is 79.5 cm³/mol. The first-order valence-corrected chi connectivity index (χ1v) is 6.95. The molecule has 1 aromatic carbocycles. The van der Waals surface area contributed by atoms with E-state index in [0.717, 1.165) is 17.9 Å². The van der Waals surface area contributed by atoms with E-state index >= 15 is 0 Å². The Morgan fingerprint density at radius 3 is 2.90 bits per heavy atom. The van der Waals surface area contributed by atoms with Gasteiger partial charge in [0.2, 0.25) is 0 Å². The normalized spacial score (nSPS) is 16.1. The quantitative estimate of drug-likeness (QED) is 0.848. The standard InChI is InChI=1S/C17H16N2O2/c1-11-3-6-16-14(7-11)8-15(21-16)10-19-12(2)4-5-13(9-18)17(19)20/h3-7,15H,8,10H2,1-2H3. The zero-order valence-electron chi connectivity index (χ0n) is 12.1. The minimum absolute atomic E-state index is 0.0628. The molecule has 1 aliphatic heterocycles. The number of aryl methyl sites for hydroxylation is 2. The second kappa shape index (κ2) is 5.10. The maximum atomic E-state index is 12.2. The third-order valence-corrected chi connectivity index (χ3v) is 3.86. The van der Waals surface area contributed by atoms with Gasteiger partial charge >= 0.3 is 0 Å². The molecule has 1 aliphatic rings. The Bertz CT molecular complexity index is 799. The van der Waals surface area contributed by atoms with Gasteiger partial charge in [0.15, 0.2) is 0 Å². The van der Waals surface area contributed by atoms with Crippen LogP contribution in [0.4, 0.5) is 0 Å². The lowest BCUT2D eigenvalue weighted by Gasteiger charge is -2.15. The maximum Gasteiger partial charge on any atom is 0.268 e. The van der Waals surface area contributed by atoms with E-state index in [4.69, 9.17) is 10.00 Å². The van der Waals surface area contributed by atoms with Gasteiger partial charge in [-0.1, -0.05) is 17.7 Å². The molecule has 4 heteroatoms. The van der Waals surface area contributed by atoms with Crippen molar-refractivity contribution in [3.8, 4) is 11.8 Å². The second-order valence-electron chi connectivity index (χ2n) is 5.47. The van der Waals surface area contributed by atoms with Crippen LogP contribution in [0.2, 0.25) is 0 Å². The monoisotopic (exact) mass is 280 g/mol. The molecule has 0 spiro atoms. The van der Waals surface area contributed by atoms with Crippen molar-refractivity contribution in [3.63, 3.8) is 0 Å². The van der Waals surface area contributed by atoms with Crippen molar-refractivity contribution in [1.29, 1.82) is 5.26 Å². The van der Waals surface area contributed by atoms with Crippen LogP contribution in [0.3, 0.4) is 0 Å². The van der Waals surface area contributed by atoms with Crippen molar-refractivity contribution >= 4 is 0 Å². The topological polar surface area (TPSA) is 55.0 Å². The molecular weight excluding hydrogens is 264 g/mol.